The van der Waals surface area contributed by atoms with E-state index in [1.165, 1.54) is 0 Å². The molecule has 3 nitrogen and oxygen atoms in total. The molecule has 3 saturated heterocycles. The van der Waals surface area contributed by atoms with Crippen LogP contribution in [-0.2, 0) is 14.3 Å². The molecule has 0 N–H and O–H groups in total. The fraction of sp³-hybridized carbons (Fsp3) is 0.875. The summed E-state index contributed by atoms with van der Waals surface area (Å²) in [6, 6.07) is 0. The molecule has 3 rings (SSSR count). The van der Waals surface area contributed by atoms with Gasteiger partial charge in [-0.2, -0.15) is 0 Å². The Labute approximate surface area is 64.7 Å². The number of esters is 1. The third-order valence-corrected chi connectivity index (χ3v) is 3.20. The van der Waals surface area contributed by atoms with E-state index in [0.717, 1.165) is 6.42 Å². The summed E-state index contributed by atoms with van der Waals surface area (Å²) in [7, 11) is 0. The first kappa shape index (κ1) is 6.00. The van der Waals surface area contributed by atoms with E-state index in [9.17, 15) is 4.79 Å². The first-order chi connectivity index (χ1) is 5.27. The number of ether oxygens (including phenoxy) is 2. The zero-order valence-electron chi connectivity index (χ0n) is 6.32. The Hall–Kier alpha value is -0.570. The Morgan fingerprint density at radius 2 is 2.27 bits per heavy atom. The van der Waals surface area contributed by atoms with Crippen molar-refractivity contribution in [3.63, 3.8) is 0 Å². The maximum atomic E-state index is 11.1. The maximum absolute atomic E-state index is 11.1. The highest BCUT2D eigenvalue weighted by atomic mass is 16.6. The molecule has 3 heteroatoms. The number of hydrogen-bond donors (Lipinski definition) is 0. The molecule has 0 aromatic rings. The molecule has 4 unspecified atom stereocenters. The Morgan fingerprint density at radius 3 is 2.91 bits per heavy atom. The van der Waals surface area contributed by atoms with Crippen molar-refractivity contribution >= 4 is 5.97 Å². The molecule has 3 aliphatic heterocycles. The zero-order valence-corrected chi connectivity index (χ0v) is 6.32. The summed E-state index contributed by atoms with van der Waals surface area (Å²) in [5.74, 6) is 0.454. The van der Waals surface area contributed by atoms with Crippen molar-refractivity contribution < 1.29 is 14.3 Å². The lowest BCUT2D eigenvalue weighted by Gasteiger charge is -2.16. The van der Waals surface area contributed by atoms with Gasteiger partial charge in [-0.05, 0) is 6.42 Å². The molecular formula is C8H10O3. The van der Waals surface area contributed by atoms with Crippen LogP contribution in [0.25, 0.3) is 0 Å². The molecule has 0 saturated carbocycles. The standard InChI is InChI=1S/C8H10O3/c1-3-5-2-4-7(10-5)6(3)11-8(4)9/h3-7H,2H2,1H3/t3-,4?,5?,6?,7?/m1/s1. The quantitative estimate of drug-likeness (QED) is 0.472. The second-order valence-electron chi connectivity index (χ2n) is 3.74. The third kappa shape index (κ3) is 0.527. The van der Waals surface area contributed by atoms with Gasteiger partial charge in [0.1, 0.15) is 12.2 Å². The van der Waals surface area contributed by atoms with Crippen LogP contribution in [0.4, 0.5) is 0 Å². The van der Waals surface area contributed by atoms with Gasteiger partial charge in [0, 0.05) is 5.92 Å². The number of rotatable bonds is 0. The molecule has 60 valence electrons. The van der Waals surface area contributed by atoms with E-state index in [1.807, 2.05) is 0 Å². The van der Waals surface area contributed by atoms with Crippen LogP contribution in [0.3, 0.4) is 0 Å². The third-order valence-electron chi connectivity index (χ3n) is 3.20. The van der Waals surface area contributed by atoms with Gasteiger partial charge < -0.3 is 9.47 Å². The summed E-state index contributed by atoms with van der Waals surface area (Å²) in [5.41, 5.74) is 0. The van der Waals surface area contributed by atoms with Crippen molar-refractivity contribution in [3.8, 4) is 0 Å². The van der Waals surface area contributed by atoms with Gasteiger partial charge in [-0.3, -0.25) is 4.79 Å². The fourth-order valence-corrected chi connectivity index (χ4v) is 2.52. The number of carbonyl (C=O) groups excluding carboxylic acids is 1. The van der Waals surface area contributed by atoms with Gasteiger partial charge in [0.15, 0.2) is 0 Å². The summed E-state index contributed by atoms with van der Waals surface area (Å²) in [6.45, 7) is 2.10. The molecule has 0 amide bonds. The van der Waals surface area contributed by atoms with E-state index >= 15 is 0 Å². The normalized spacial score (nSPS) is 58.6. The van der Waals surface area contributed by atoms with E-state index in [4.69, 9.17) is 9.47 Å². The smallest absolute Gasteiger partial charge is 0.312 e. The molecule has 5 atom stereocenters. The number of hydrogen-bond acceptors (Lipinski definition) is 3. The first-order valence-electron chi connectivity index (χ1n) is 4.13. The lowest BCUT2D eigenvalue weighted by molar-refractivity contribution is -0.144. The molecule has 0 spiro atoms. The largest absolute Gasteiger partial charge is 0.459 e. The minimum atomic E-state index is -0.0353. The Morgan fingerprint density at radius 1 is 1.45 bits per heavy atom. The monoisotopic (exact) mass is 154 g/mol. The average molecular weight is 154 g/mol. The van der Waals surface area contributed by atoms with Crippen molar-refractivity contribution in [1.29, 1.82) is 0 Å². The van der Waals surface area contributed by atoms with E-state index in [2.05, 4.69) is 6.92 Å². The lowest BCUT2D eigenvalue weighted by Crippen LogP contribution is -2.29. The Balaban J connectivity index is 2.04. The highest BCUT2D eigenvalue weighted by Gasteiger charge is 2.61. The van der Waals surface area contributed by atoms with Gasteiger partial charge in [-0.1, -0.05) is 6.92 Å². The van der Waals surface area contributed by atoms with Crippen LogP contribution in [0.2, 0.25) is 0 Å². The Kier molecular flexibility index (Phi) is 0.876. The van der Waals surface area contributed by atoms with Crippen LogP contribution < -0.4 is 0 Å². The Bertz CT molecular complexity index is 225. The minimum Gasteiger partial charge on any atom is -0.459 e. The summed E-state index contributed by atoms with van der Waals surface area (Å²) in [4.78, 5) is 11.1. The molecule has 0 aliphatic carbocycles. The van der Waals surface area contributed by atoms with Crippen LogP contribution >= 0.6 is 0 Å². The highest BCUT2D eigenvalue weighted by molar-refractivity contribution is 5.77. The van der Waals surface area contributed by atoms with E-state index in [0.29, 0.717) is 12.0 Å². The minimum absolute atomic E-state index is 0.0353. The summed E-state index contributed by atoms with van der Waals surface area (Å²) in [6.07, 6.45) is 1.36. The molecule has 3 aliphatic rings. The van der Waals surface area contributed by atoms with Crippen molar-refractivity contribution in [2.45, 2.75) is 31.7 Å². The van der Waals surface area contributed by atoms with Gasteiger partial charge in [0.05, 0.1) is 12.0 Å². The van der Waals surface area contributed by atoms with E-state index < -0.39 is 0 Å². The topological polar surface area (TPSA) is 35.5 Å². The maximum Gasteiger partial charge on any atom is 0.312 e. The van der Waals surface area contributed by atoms with E-state index in [1.54, 1.807) is 0 Å². The van der Waals surface area contributed by atoms with Gasteiger partial charge in [-0.25, -0.2) is 0 Å². The SMILES string of the molecule is C[C@@H]1C2CC3C(=O)OC1C3O2. The van der Waals surface area contributed by atoms with Crippen LogP contribution in [0, 0.1) is 11.8 Å². The lowest BCUT2D eigenvalue weighted by atomic mass is 9.83. The van der Waals surface area contributed by atoms with Gasteiger partial charge in [0.2, 0.25) is 0 Å². The highest BCUT2D eigenvalue weighted by Crippen LogP contribution is 2.48. The molecule has 0 radical (unpaired) electrons. The summed E-state index contributed by atoms with van der Waals surface area (Å²) >= 11 is 0. The number of fused-ring (bicyclic) bond motifs is 1. The molecule has 3 fully saturated rings. The van der Waals surface area contributed by atoms with Gasteiger partial charge in [0.25, 0.3) is 0 Å². The average Bonchev–Trinajstić information content (AvgIpc) is 2.53. The first-order valence-corrected chi connectivity index (χ1v) is 4.13. The van der Waals surface area contributed by atoms with Crippen molar-refractivity contribution in [1.82, 2.24) is 0 Å². The van der Waals surface area contributed by atoms with Crippen LogP contribution in [-0.4, -0.2) is 24.3 Å². The summed E-state index contributed by atoms with van der Waals surface area (Å²) in [5, 5.41) is 0. The molecule has 0 aromatic heterocycles. The van der Waals surface area contributed by atoms with Crippen molar-refractivity contribution in [3.05, 3.63) is 0 Å². The summed E-state index contributed by atoms with van der Waals surface area (Å²) < 4.78 is 10.8. The predicted molar refractivity (Wildman–Crippen MR) is 35.8 cm³/mol. The van der Waals surface area contributed by atoms with Crippen LogP contribution in [0.15, 0.2) is 0 Å². The molecule has 11 heavy (non-hydrogen) atoms. The number of carbonyl (C=O) groups is 1. The van der Waals surface area contributed by atoms with Crippen LogP contribution in [0.5, 0.6) is 0 Å². The molecule has 0 aromatic carbocycles. The second kappa shape index (κ2) is 1.61. The molecular weight excluding hydrogens is 144 g/mol. The van der Waals surface area contributed by atoms with Crippen LogP contribution in [0.1, 0.15) is 13.3 Å². The van der Waals surface area contributed by atoms with Crippen molar-refractivity contribution in [2.75, 3.05) is 0 Å². The second-order valence-corrected chi connectivity index (χ2v) is 3.74. The zero-order chi connectivity index (χ0) is 7.59. The molecule has 3 heterocycles. The fourth-order valence-electron chi connectivity index (χ4n) is 2.52. The van der Waals surface area contributed by atoms with Gasteiger partial charge >= 0.3 is 5.97 Å². The predicted octanol–water partition coefficient (Wildman–Crippen LogP) is 0.335. The van der Waals surface area contributed by atoms with Gasteiger partial charge in [-0.15, -0.1) is 0 Å². The molecule has 2 bridgehead atoms. The van der Waals surface area contributed by atoms with Crippen molar-refractivity contribution in [2.24, 2.45) is 11.8 Å². The van der Waals surface area contributed by atoms with E-state index in [-0.39, 0.29) is 24.1 Å².